The van der Waals surface area contributed by atoms with Crippen LogP contribution in [-0.4, -0.2) is 9.55 Å². The number of rotatable bonds is 1. The Hall–Kier alpha value is -1.69. The van der Waals surface area contributed by atoms with Crippen molar-refractivity contribution in [2.75, 3.05) is 0 Å². The summed E-state index contributed by atoms with van der Waals surface area (Å²) in [5, 5.41) is 0.656. The van der Waals surface area contributed by atoms with E-state index in [9.17, 15) is 4.79 Å². The summed E-state index contributed by atoms with van der Waals surface area (Å²) in [5.41, 5.74) is 2.75. The average molecular weight is 376 g/mol. The number of hydrogen-bond acceptors (Lipinski definition) is 2. The molecule has 100 valence electrons. The van der Waals surface area contributed by atoms with Crippen molar-refractivity contribution in [3.05, 3.63) is 67.8 Å². The average Bonchev–Trinajstić information content (AvgIpc) is 2.42. The number of hydrogen-bond donors (Lipinski definition) is 0. The second-order valence-electron chi connectivity index (χ2n) is 4.80. The lowest BCUT2D eigenvalue weighted by Gasteiger charge is -2.11. The van der Waals surface area contributed by atoms with Crippen LogP contribution in [0.5, 0.6) is 0 Å². The predicted molar refractivity (Wildman–Crippen MR) is 89.5 cm³/mol. The molecule has 0 saturated carbocycles. The van der Waals surface area contributed by atoms with Crippen LogP contribution < -0.4 is 5.56 Å². The van der Waals surface area contributed by atoms with Crippen LogP contribution in [0.15, 0.2) is 47.3 Å². The molecular formula is C16H13IN2O. The highest BCUT2D eigenvalue weighted by molar-refractivity contribution is 14.1. The maximum Gasteiger partial charge on any atom is 0.265 e. The van der Waals surface area contributed by atoms with Gasteiger partial charge in [0.1, 0.15) is 5.82 Å². The molecule has 0 radical (unpaired) electrons. The van der Waals surface area contributed by atoms with Gasteiger partial charge in [-0.2, -0.15) is 0 Å². The minimum Gasteiger partial charge on any atom is -0.268 e. The molecule has 2 aromatic carbocycles. The number of aryl methyl sites for hydroxylation is 2. The molecule has 0 unspecified atom stereocenters. The summed E-state index contributed by atoms with van der Waals surface area (Å²) in [7, 11) is 0. The SMILES string of the molecule is Cc1ccc(-n2c(C)nc3ccc(I)cc3c2=O)cc1. The van der Waals surface area contributed by atoms with E-state index < -0.39 is 0 Å². The van der Waals surface area contributed by atoms with Crippen molar-refractivity contribution in [1.29, 1.82) is 0 Å². The Morgan fingerprint density at radius 3 is 2.45 bits per heavy atom. The zero-order valence-corrected chi connectivity index (χ0v) is 13.4. The molecule has 0 N–H and O–H groups in total. The first-order valence-corrected chi connectivity index (χ1v) is 7.40. The fraction of sp³-hybridized carbons (Fsp3) is 0.125. The second-order valence-corrected chi connectivity index (χ2v) is 6.04. The van der Waals surface area contributed by atoms with E-state index in [1.807, 2.05) is 56.3 Å². The van der Waals surface area contributed by atoms with Gasteiger partial charge in [-0.25, -0.2) is 4.98 Å². The Balaban J connectivity index is 2.36. The molecular weight excluding hydrogens is 363 g/mol. The van der Waals surface area contributed by atoms with Crippen LogP contribution in [0, 0.1) is 17.4 Å². The van der Waals surface area contributed by atoms with Crippen molar-refractivity contribution in [1.82, 2.24) is 9.55 Å². The summed E-state index contributed by atoms with van der Waals surface area (Å²) in [6.07, 6.45) is 0. The van der Waals surface area contributed by atoms with E-state index in [0.29, 0.717) is 11.2 Å². The van der Waals surface area contributed by atoms with E-state index in [0.717, 1.165) is 14.8 Å². The predicted octanol–water partition coefficient (Wildman–Crippen LogP) is 3.61. The van der Waals surface area contributed by atoms with Crippen LogP contribution in [0.1, 0.15) is 11.4 Å². The van der Waals surface area contributed by atoms with Gasteiger partial charge in [-0.3, -0.25) is 9.36 Å². The first-order valence-electron chi connectivity index (χ1n) is 6.32. The zero-order valence-electron chi connectivity index (χ0n) is 11.2. The first-order chi connectivity index (χ1) is 9.56. The molecule has 0 aliphatic rings. The fourth-order valence-corrected chi connectivity index (χ4v) is 2.76. The highest BCUT2D eigenvalue weighted by Crippen LogP contribution is 2.15. The van der Waals surface area contributed by atoms with Crippen LogP contribution in [0.2, 0.25) is 0 Å². The molecule has 0 aliphatic heterocycles. The van der Waals surface area contributed by atoms with Gasteiger partial charge in [-0.1, -0.05) is 17.7 Å². The summed E-state index contributed by atoms with van der Waals surface area (Å²) < 4.78 is 2.70. The molecule has 3 aromatic rings. The van der Waals surface area contributed by atoms with Gasteiger partial charge in [0, 0.05) is 3.57 Å². The van der Waals surface area contributed by atoms with Gasteiger partial charge >= 0.3 is 0 Å². The lowest BCUT2D eigenvalue weighted by Crippen LogP contribution is -2.22. The Morgan fingerprint density at radius 2 is 1.75 bits per heavy atom. The summed E-state index contributed by atoms with van der Waals surface area (Å²) in [5.74, 6) is 0.701. The van der Waals surface area contributed by atoms with E-state index in [1.165, 1.54) is 5.56 Å². The molecule has 20 heavy (non-hydrogen) atoms. The monoisotopic (exact) mass is 376 g/mol. The van der Waals surface area contributed by atoms with E-state index >= 15 is 0 Å². The van der Waals surface area contributed by atoms with Crippen LogP contribution >= 0.6 is 22.6 Å². The zero-order chi connectivity index (χ0) is 14.3. The number of halogens is 1. The third kappa shape index (κ3) is 2.24. The standard InChI is InChI=1S/C16H13IN2O/c1-10-3-6-13(7-4-10)19-11(2)18-15-8-5-12(17)9-14(15)16(19)20/h3-9H,1-2H3. The highest BCUT2D eigenvalue weighted by atomic mass is 127. The molecule has 1 heterocycles. The molecule has 3 nitrogen and oxygen atoms in total. The van der Waals surface area contributed by atoms with Crippen LogP contribution in [0.4, 0.5) is 0 Å². The van der Waals surface area contributed by atoms with E-state index in [1.54, 1.807) is 4.57 Å². The van der Waals surface area contributed by atoms with Gasteiger partial charge in [-0.05, 0) is 66.8 Å². The molecule has 0 atom stereocenters. The van der Waals surface area contributed by atoms with Gasteiger partial charge in [0.25, 0.3) is 5.56 Å². The lowest BCUT2D eigenvalue weighted by molar-refractivity contribution is 0.894. The minimum absolute atomic E-state index is 0.0186. The molecule has 0 aliphatic carbocycles. The van der Waals surface area contributed by atoms with Crippen LogP contribution in [0.3, 0.4) is 0 Å². The molecule has 0 bridgehead atoms. The van der Waals surface area contributed by atoms with Crippen LogP contribution in [0.25, 0.3) is 16.6 Å². The number of aromatic nitrogens is 2. The van der Waals surface area contributed by atoms with Gasteiger partial charge in [0.05, 0.1) is 16.6 Å². The second kappa shape index (κ2) is 5.01. The Bertz CT molecular complexity index is 851. The van der Waals surface area contributed by atoms with Gasteiger partial charge in [0.2, 0.25) is 0 Å². The first kappa shape index (κ1) is 13.3. The van der Waals surface area contributed by atoms with Crippen molar-refractivity contribution < 1.29 is 0 Å². The maximum atomic E-state index is 12.7. The third-order valence-electron chi connectivity index (χ3n) is 3.29. The number of benzene rings is 2. The molecule has 3 rings (SSSR count). The Labute approximate surface area is 130 Å². The summed E-state index contributed by atoms with van der Waals surface area (Å²) in [6, 6.07) is 13.6. The normalized spacial score (nSPS) is 10.9. The summed E-state index contributed by atoms with van der Waals surface area (Å²) in [6.45, 7) is 3.89. The summed E-state index contributed by atoms with van der Waals surface area (Å²) >= 11 is 2.21. The molecule has 4 heteroatoms. The van der Waals surface area contributed by atoms with Crippen molar-refractivity contribution in [3.63, 3.8) is 0 Å². The van der Waals surface area contributed by atoms with Gasteiger partial charge in [-0.15, -0.1) is 0 Å². The fourth-order valence-electron chi connectivity index (χ4n) is 2.27. The number of nitrogens with zero attached hydrogens (tertiary/aromatic N) is 2. The van der Waals surface area contributed by atoms with Gasteiger partial charge < -0.3 is 0 Å². The highest BCUT2D eigenvalue weighted by Gasteiger charge is 2.09. The van der Waals surface area contributed by atoms with E-state index in [4.69, 9.17) is 0 Å². The van der Waals surface area contributed by atoms with Crippen molar-refractivity contribution >= 4 is 33.5 Å². The molecule has 1 aromatic heterocycles. The smallest absolute Gasteiger partial charge is 0.265 e. The largest absolute Gasteiger partial charge is 0.268 e. The van der Waals surface area contributed by atoms with E-state index in [-0.39, 0.29) is 5.56 Å². The third-order valence-corrected chi connectivity index (χ3v) is 3.96. The molecule has 0 spiro atoms. The summed E-state index contributed by atoms with van der Waals surface area (Å²) in [4.78, 5) is 17.2. The molecule has 0 saturated heterocycles. The van der Waals surface area contributed by atoms with Crippen LogP contribution in [-0.2, 0) is 0 Å². The topological polar surface area (TPSA) is 34.9 Å². The van der Waals surface area contributed by atoms with Gasteiger partial charge in [0.15, 0.2) is 0 Å². The minimum atomic E-state index is -0.0186. The quantitative estimate of drug-likeness (QED) is 0.609. The molecule has 0 fully saturated rings. The lowest BCUT2D eigenvalue weighted by atomic mass is 10.2. The van der Waals surface area contributed by atoms with E-state index in [2.05, 4.69) is 27.6 Å². The van der Waals surface area contributed by atoms with Crippen molar-refractivity contribution in [3.8, 4) is 5.69 Å². The Morgan fingerprint density at radius 1 is 1.05 bits per heavy atom. The maximum absolute atomic E-state index is 12.7. The van der Waals surface area contributed by atoms with Crippen molar-refractivity contribution in [2.24, 2.45) is 0 Å². The van der Waals surface area contributed by atoms with Crippen molar-refractivity contribution in [2.45, 2.75) is 13.8 Å². The Kier molecular flexibility index (Phi) is 3.33. The molecule has 0 amide bonds. The number of fused-ring (bicyclic) bond motifs is 1.